The molecule has 2 aromatic carbocycles. The molecule has 0 aromatic heterocycles. The Balaban J connectivity index is 1.51. The molecular weight excluding hydrogens is 302 g/mol. The fraction of sp³-hybridized carbons (Fsp3) is 0.333. The zero-order chi connectivity index (χ0) is 16.1. The second-order valence-corrected chi connectivity index (χ2v) is 5.50. The summed E-state index contributed by atoms with van der Waals surface area (Å²) in [6, 6.07) is 12.6. The molecule has 1 heterocycles. The first-order chi connectivity index (χ1) is 11.2. The van der Waals surface area contributed by atoms with E-state index >= 15 is 0 Å². The molecule has 1 aliphatic rings. The van der Waals surface area contributed by atoms with Gasteiger partial charge in [0.25, 0.3) is 0 Å². The predicted octanol–water partition coefficient (Wildman–Crippen LogP) is 3.47. The van der Waals surface area contributed by atoms with Gasteiger partial charge in [-0.1, -0.05) is 24.3 Å². The molecule has 122 valence electrons. The average molecular weight is 320 g/mol. The Morgan fingerprint density at radius 2 is 1.30 bits per heavy atom. The second-order valence-electron chi connectivity index (χ2n) is 5.50. The number of ether oxygens (including phenoxy) is 3. The van der Waals surface area contributed by atoms with Crippen molar-refractivity contribution in [2.45, 2.75) is 25.4 Å². The lowest BCUT2D eigenvalue weighted by Gasteiger charge is -2.19. The van der Waals surface area contributed by atoms with Gasteiger partial charge in [0.15, 0.2) is 0 Å². The standard InChI is InChI=1S/C18H18F2O3/c19-15-5-1-3-13(7-15)9-22-17-11-21-12-18(17)23-10-14-4-2-6-16(20)8-14/h1-8,17-18H,9-12H2/t17-,18-/m0/s1. The van der Waals surface area contributed by atoms with Crippen LogP contribution in [0.25, 0.3) is 0 Å². The van der Waals surface area contributed by atoms with Gasteiger partial charge in [0.1, 0.15) is 23.8 Å². The van der Waals surface area contributed by atoms with Crippen LogP contribution >= 0.6 is 0 Å². The summed E-state index contributed by atoms with van der Waals surface area (Å²) in [5.41, 5.74) is 1.53. The van der Waals surface area contributed by atoms with Crippen LogP contribution in [0.5, 0.6) is 0 Å². The summed E-state index contributed by atoms with van der Waals surface area (Å²) in [6.07, 6.45) is -0.432. The van der Waals surface area contributed by atoms with Crippen molar-refractivity contribution < 1.29 is 23.0 Å². The van der Waals surface area contributed by atoms with Crippen molar-refractivity contribution in [3.8, 4) is 0 Å². The fourth-order valence-corrected chi connectivity index (χ4v) is 2.49. The third-order valence-corrected chi connectivity index (χ3v) is 3.69. The van der Waals surface area contributed by atoms with Crippen molar-refractivity contribution in [2.24, 2.45) is 0 Å². The van der Waals surface area contributed by atoms with Gasteiger partial charge in [0.2, 0.25) is 0 Å². The quantitative estimate of drug-likeness (QED) is 0.816. The van der Waals surface area contributed by atoms with E-state index in [-0.39, 0.29) is 23.8 Å². The number of hydrogen-bond donors (Lipinski definition) is 0. The van der Waals surface area contributed by atoms with E-state index in [4.69, 9.17) is 14.2 Å². The first-order valence-corrected chi connectivity index (χ1v) is 7.50. The number of benzene rings is 2. The zero-order valence-electron chi connectivity index (χ0n) is 12.6. The predicted molar refractivity (Wildman–Crippen MR) is 80.8 cm³/mol. The molecule has 2 aromatic rings. The van der Waals surface area contributed by atoms with Crippen LogP contribution in [0.1, 0.15) is 11.1 Å². The Morgan fingerprint density at radius 1 is 0.826 bits per heavy atom. The van der Waals surface area contributed by atoms with Crippen LogP contribution in [0, 0.1) is 11.6 Å². The summed E-state index contributed by atoms with van der Waals surface area (Å²) in [7, 11) is 0. The highest BCUT2D eigenvalue weighted by Crippen LogP contribution is 2.18. The van der Waals surface area contributed by atoms with Gasteiger partial charge < -0.3 is 14.2 Å². The molecule has 0 spiro atoms. The van der Waals surface area contributed by atoms with E-state index in [9.17, 15) is 8.78 Å². The smallest absolute Gasteiger partial charge is 0.123 e. The molecule has 3 rings (SSSR count). The monoisotopic (exact) mass is 320 g/mol. The van der Waals surface area contributed by atoms with E-state index in [1.807, 2.05) is 12.1 Å². The van der Waals surface area contributed by atoms with Gasteiger partial charge in [-0.05, 0) is 35.4 Å². The Morgan fingerprint density at radius 3 is 1.74 bits per heavy atom. The summed E-state index contributed by atoms with van der Waals surface area (Å²) in [4.78, 5) is 0. The van der Waals surface area contributed by atoms with Crippen molar-refractivity contribution in [3.05, 3.63) is 71.3 Å². The molecule has 1 aliphatic heterocycles. The Hall–Kier alpha value is -1.82. The van der Waals surface area contributed by atoms with Crippen molar-refractivity contribution in [1.82, 2.24) is 0 Å². The van der Waals surface area contributed by atoms with E-state index < -0.39 is 0 Å². The van der Waals surface area contributed by atoms with Gasteiger partial charge in [-0.2, -0.15) is 0 Å². The molecule has 5 heteroatoms. The van der Waals surface area contributed by atoms with Crippen molar-refractivity contribution >= 4 is 0 Å². The van der Waals surface area contributed by atoms with Gasteiger partial charge in [0, 0.05) is 0 Å². The van der Waals surface area contributed by atoms with Crippen LogP contribution in [0.15, 0.2) is 48.5 Å². The first-order valence-electron chi connectivity index (χ1n) is 7.50. The number of halogens is 2. The average Bonchev–Trinajstić information content (AvgIpc) is 2.99. The number of rotatable bonds is 6. The van der Waals surface area contributed by atoms with Gasteiger partial charge >= 0.3 is 0 Å². The number of hydrogen-bond acceptors (Lipinski definition) is 3. The Bertz CT molecular complexity index is 592. The molecule has 23 heavy (non-hydrogen) atoms. The largest absolute Gasteiger partial charge is 0.376 e. The van der Waals surface area contributed by atoms with Gasteiger partial charge in [-0.3, -0.25) is 0 Å². The summed E-state index contributed by atoms with van der Waals surface area (Å²) >= 11 is 0. The van der Waals surface area contributed by atoms with Crippen molar-refractivity contribution in [1.29, 1.82) is 0 Å². The lowest BCUT2D eigenvalue weighted by atomic mass is 10.2. The summed E-state index contributed by atoms with van der Waals surface area (Å²) in [6.45, 7) is 1.46. The molecule has 0 N–H and O–H groups in total. The fourth-order valence-electron chi connectivity index (χ4n) is 2.49. The lowest BCUT2D eigenvalue weighted by Crippen LogP contribution is -2.29. The molecule has 0 aliphatic carbocycles. The van der Waals surface area contributed by atoms with Crippen LogP contribution in [-0.4, -0.2) is 25.4 Å². The second kappa shape index (κ2) is 7.64. The third kappa shape index (κ3) is 4.58. The molecule has 0 saturated carbocycles. The van der Waals surface area contributed by atoms with Gasteiger partial charge in [-0.25, -0.2) is 8.78 Å². The van der Waals surface area contributed by atoms with Crippen LogP contribution in [-0.2, 0) is 27.4 Å². The Kier molecular flexibility index (Phi) is 5.33. The van der Waals surface area contributed by atoms with Crippen molar-refractivity contribution in [2.75, 3.05) is 13.2 Å². The van der Waals surface area contributed by atoms with Crippen LogP contribution in [0.2, 0.25) is 0 Å². The highest BCUT2D eigenvalue weighted by Gasteiger charge is 2.30. The minimum absolute atomic E-state index is 0.216. The minimum Gasteiger partial charge on any atom is -0.376 e. The topological polar surface area (TPSA) is 27.7 Å². The van der Waals surface area contributed by atoms with E-state index in [0.29, 0.717) is 26.4 Å². The van der Waals surface area contributed by atoms with Crippen LogP contribution in [0.4, 0.5) is 8.78 Å². The van der Waals surface area contributed by atoms with Gasteiger partial charge in [0.05, 0.1) is 26.4 Å². The molecule has 0 radical (unpaired) electrons. The molecule has 0 amide bonds. The molecule has 1 fully saturated rings. The summed E-state index contributed by atoms with van der Waals surface area (Å²) in [5.74, 6) is -0.569. The maximum Gasteiger partial charge on any atom is 0.123 e. The normalized spacial score (nSPS) is 20.8. The van der Waals surface area contributed by atoms with E-state index in [0.717, 1.165) is 11.1 Å². The van der Waals surface area contributed by atoms with Crippen LogP contribution < -0.4 is 0 Å². The molecule has 0 unspecified atom stereocenters. The Labute approximate surface area is 133 Å². The lowest BCUT2D eigenvalue weighted by molar-refractivity contribution is -0.0592. The molecule has 0 bridgehead atoms. The summed E-state index contributed by atoms with van der Waals surface area (Å²) < 4.78 is 43.3. The van der Waals surface area contributed by atoms with E-state index in [1.165, 1.54) is 24.3 Å². The van der Waals surface area contributed by atoms with Gasteiger partial charge in [-0.15, -0.1) is 0 Å². The zero-order valence-corrected chi connectivity index (χ0v) is 12.6. The highest BCUT2D eigenvalue weighted by atomic mass is 19.1. The third-order valence-electron chi connectivity index (χ3n) is 3.69. The SMILES string of the molecule is Fc1cccc(CO[C@H]2COC[C@@H]2OCc2cccc(F)c2)c1. The minimum atomic E-state index is -0.285. The highest BCUT2D eigenvalue weighted by molar-refractivity contribution is 5.16. The molecule has 2 atom stereocenters. The maximum atomic E-state index is 13.1. The first kappa shape index (κ1) is 16.1. The molecule has 3 nitrogen and oxygen atoms in total. The molecule has 1 saturated heterocycles. The van der Waals surface area contributed by atoms with Crippen molar-refractivity contribution in [3.63, 3.8) is 0 Å². The molecular formula is C18H18F2O3. The summed E-state index contributed by atoms with van der Waals surface area (Å²) in [5, 5.41) is 0. The van der Waals surface area contributed by atoms with E-state index in [1.54, 1.807) is 12.1 Å². The maximum absolute atomic E-state index is 13.1. The van der Waals surface area contributed by atoms with E-state index in [2.05, 4.69) is 0 Å². The van der Waals surface area contributed by atoms with Crippen LogP contribution in [0.3, 0.4) is 0 Å².